The molecule has 0 heterocycles. The molecule has 12 heavy (non-hydrogen) atoms. The monoisotopic (exact) mass is 170 g/mol. The van der Waals surface area contributed by atoms with Crippen molar-refractivity contribution in [1.29, 1.82) is 0 Å². The van der Waals surface area contributed by atoms with E-state index < -0.39 is 17.4 Å². The predicted molar refractivity (Wildman–Crippen MR) is 35.5 cm³/mol. The Morgan fingerprint density at radius 1 is 0.917 bits per heavy atom. The first-order chi connectivity index (χ1) is 5.59. The second kappa shape index (κ2) is 3.13. The minimum Gasteiger partial charge on any atom is -0.549 e. The molecule has 0 atom stereocenters. The Labute approximate surface area is 70.2 Å². The molecule has 0 unspecified atom stereocenters. The second-order valence-corrected chi connectivity index (χ2v) is 3.22. The smallest absolute Gasteiger partial charge is 0.0532 e. The van der Waals surface area contributed by atoms with Gasteiger partial charge in [-0.25, -0.2) is 0 Å². The fraction of sp³-hybridized carbons (Fsp3) is 0.750. The summed E-state index contributed by atoms with van der Waals surface area (Å²) >= 11 is 0. The third-order valence-corrected chi connectivity index (χ3v) is 2.49. The third-order valence-electron chi connectivity index (χ3n) is 2.49. The largest absolute Gasteiger partial charge is 0.549 e. The zero-order valence-corrected chi connectivity index (χ0v) is 6.67. The molecule has 1 saturated carbocycles. The highest BCUT2D eigenvalue weighted by molar-refractivity contribution is 5.96. The van der Waals surface area contributed by atoms with Gasteiger partial charge in [0.05, 0.1) is 11.9 Å². The van der Waals surface area contributed by atoms with Crippen molar-refractivity contribution in [1.82, 2.24) is 0 Å². The zero-order valence-electron chi connectivity index (χ0n) is 6.67. The molecule has 1 aliphatic carbocycles. The summed E-state index contributed by atoms with van der Waals surface area (Å²) in [6, 6.07) is 0. The summed E-state index contributed by atoms with van der Waals surface area (Å²) in [5.41, 5.74) is -1.71. The fourth-order valence-corrected chi connectivity index (χ4v) is 1.65. The molecular formula is C8H10O4-2. The number of hydrogen-bond acceptors (Lipinski definition) is 4. The van der Waals surface area contributed by atoms with Crippen LogP contribution >= 0.6 is 0 Å². The van der Waals surface area contributed by atoms with Gasteiger partial charge in [-0.3, -0.25) is 0 Å². The van der Waals surface area contributed by atoms with Crippen molar-refractivity contribution in [2.75, 3.05) is 0 Å². The molecule has 1 fully saturated rings. The summed E-state index contributed by atoms with van der Waals surface area (Å²) in [6.45, 7) is 0. The number of hydrogen-bond donors (Lipinski definition) is 0. The molecule has 0 aliphatic heterocycles. The normalized spacial score (nSPS) is 21.7. The van der Waals surface area contributed by atoms with E-state index in [9.17, 15) is 19.8 Å². The van der Waals surface area contributed by atoms with E-state index in [-0.39, 0.29) is 12.8 Å². The molecule has 4 heteroatoms. The van der Waals surface area contributed by atoms with Crippen LogP contribution in [0, 0.1) is 5.41 Å². The third kappa shape index (κ3) is 1.29. The van der Waals surface area contributed by atoms with Gasteiger partial charge in [0, 0.05) is 5.41 Å². The first-order valence-corrected chi connectivity index (χ1v) is 4.02. The standard InChI is InChI=1S/C8H12O4/c9-6(10)8(7(11)12)4-2-1-3-5-8/h1-5H2,(H,9,10)(H,11,12)/p-2. The van der Waals surface area contributed by atoms with Crippen LogP contribution in [0.25, 0.3) is 0 Å². The first-order valence-electron chi connectivity index (χ1n) is 4.02. The molecular weight excluding hydrogens is 160 g/mol. The number of carbonyl (C=O) groups is 2. The summed E-state index contributed by atoms with van der Waals surface area (Å²) in [7, 11) is 0. The average Bonchev–Trinajstić information content (AvgIpc) is 2.05. The van der Waals surface area contributed by atoms with E-state index >= 15 is 0 Å². The van der Waals surface area contributed by atoms with Crippen LogP contribution < -0.4 is 10.2 Å². The number of rotatable bonds is 2. The van der Waals surface area contributed by atoms with E-state index in [1.807, 2.05) is 0 Å². The number of carbonyl (C=O) groups excluding carboxylic acids is 2. The lowest BCUT2D eigenvalue weighted by molar-refractivity contribution is -0.345. The maximum Gasteiger partial charge on any atom is 0.0532 e. The fourth-order valence-electron chi connectivity index (χ4n) is 1.65. The molecule has 0 aromatic heterocycles. The summed E-state index contributed by atoms with van der Waals surface area (Å²) < 4.78 is 0. The van der Waals surface area contributed by atoms with Crippen molar-refractivity contribution < 1.29 is 19.8 Å². The van der Waals surface area contributed by atoms with Gasteiger partial charge in [-0.15, -0.1) is 0 Å². The molecule has 0 N–H and O–H groups in total. The van der Waals surface area contributed by atoms with Crippen LogP contribution in [0.15, 0.2) is 0 Å². The minimum atomic E-state index is -1.71. The van der Waals surface area contributed by atoms with Crippen LogP contribution in [0.5, 0.6) is 0 Å². The summed E-state index contributed by atoms with van der Waals surface area (Å²) in [5, 5.41) is 21.2. The molecule has 1 rings (SSSR count). The first kappa shape index (κ1) is 9.03. The van der Waals surface area contributed by atoms with E-state index in [0.717, 1.165) is 6.42 Å². The van der Waals surface area contributed by atoms with Crippen molar-refractivity contribution >= 4 is 11.9 Å². The highest BCUT2D eigenvalue weighted by Crippen LogP contribution is 2.35. The van der Waals surface area contributed by atoms with Gasteiger partial charge in [0.2, 0.25) is 0 Å². The Bertz CT molecular complexity index is 187. The van der Waals surface area contributed by atoms with Gasteiger partial charge in [-0.05, 0) is 12.8 Å². The van der Waals surface area contributed by atoms with Crippen molar-refractivity contribution in [2.24, 2.45) is 5.41 Å². The van der Waals surface area contributed by atoms with E-state index in [0.29, 0.717) is 12.8 Å². The summed E-state index contributed by atoms with van der Waals surface area (Å²) in [6.07, 6.45) is 2.45. The van der Waals surface area contributed by atoms with Crippen LogP contribution in [0.3, 0.4) is 0 Å². The molecule has 0 radical (unpaired) electrons. The maximum absolute atomic E-state index is 10.6. The van der Waals surface area contributed by atoms with E-state index in [4.69, 9.17) is 0 Å². The molecule has 68 valence electrons. The van der Waals surface area contributed by atoms with Gasteiger partial charge in [-0.2, -0.15) is 0 Å². The van der Waals surface area contributed by atoms with Crippen LogP contribution in [-0.4, -0.2) is 11.9 Å². The molecule has 0 aromatic rings. The average molecular weight is 170 g/mol. The lowest BCUT2D eigenvalue weighted by Crippen LogP contribution is -2.54. The molecule has 4 nitrogen and oxygen atoms in total. The van der Waals surface area contributed by atoms with E-state index in [1.165, 1.54) is 0 Å². The number of aliphatic carboxylic acids is 2. The van der Waals surface area contributed by atoms with Gasteiger partial charge in [0.25, 0.3) is 0 Å². The lowest BCUT2D eigenvalue weighted by atomic mass is 9.74. The van der Waals surface area contributed by atoms with Crippen LogP contribution in [0.4, 0.5) is 0 Å². The zero-order chi connectivity index (χ0) is 9.19. The number of carboxylic acid groups (broad SMARTS) is 2. The quantitative estimate of drug-likeness (QED) is 0.469. The molecule has 0 aromatic carbocycles. The molecule has 0 amide bonds. The lowest BCUT2D eigenvalue weighted by Gasteiger charge is -2.38. The van der Waals surface area contributed by atoms with Gasteiger partial charge in [0.1, 0.15) is 0 Å². The number of carboxylic acids is 2. The van der Waals surface area contributed by atoms with E-state index in [2.05, 4.69) is 0 Å². The Kier molecular flexibility index (Phi) is 2.35. The Morgan fingerprint density at radius 3 is 1.58 bits per heavy atom. The summed E-state index contributed by atoms with van der Waals surface area (Å²) in [5.74, 6) is -3.00. The van der Waals surface area contributed by atoms with Gasteiger partial charge in [0.15, 0.2) is 0 Å². The minimum absolute atomic E-state index is 0.150. The highest BCUT2D eigenvalue weighted by Gasteiger charge is 2.34. The van der Waals surface area contributed by atoms with Crippen molar-refractivity contribution in [3.8, 4) is 0 Å². The van der Waals surface area contributed by atoms with Crippen molar-refractivity contribution in [3.05, 3.63) is 0 Å². The topological polar surface area (TPSA) is 80.3 Å². The van der Waals surface area contributed by atoms with Crippen molar-refractivity contribution in [2.45, 2.75) is 32.1 Å². The van der Waals surface area contributed by atoms with Gasteiger partial charge < -0.3 is 19.8 Å². The molecule has 0 bridgehead atoms. The molecule has 0 spiro atoms. The predicted octanol–water partition coefficient (Wildman–Crippen LogP) is -1.56. The van der Waals surface area contributed by atoms with E-state index in [1.54, 1.807) is 0 Å². The van der Waals surface area contributed by atoms with Gasteiger partial charge >= 0.3 is 0 Å². The second-order valence-electron chi connectivity index (χ2n) is 3.22. The van der Waals surface area contributed by atoms with Crippen molar-refractivity contribution in [3.63, 3.8) is 0 Å². The maximum atomic E-state index is 10.6. The molecule has 0 saturated heterocycles. The highest BCUT2D eigenvalue weighted by atomic mass is 16.4. The van der Waals surface area contributed by atoms with Gasteiger partial charge in [-0.1, -0.05) is 19.3 Å². The van der Waals surface area contributed by atoms with Crippen LogP contribution in [-0.2, 0) is 9.59 Å². The van der Waals surface area contributed by atoms with Crippen LogP contribution in [0.1, 0.15) is 32.1 Å². The SMILES string of the molecule is O=C([O-])C1(C(=O)[O-])CCCCC1. The van der Waals surface area contributed by atoms with Crippen LogP contribution in [0.2, 0.25) is 0 Å². The Hall–Kier alpha value is -1.06. The Balaban J connectivity index is 2.84. The molecule has 1 aliphatic rings. The summed E-state index contributed by atoms with van der Waals surface area (Å²) in [4.78, 5) is 21.2. The Morgan fingerprint density at radius 2 is 1.33 bits per heavy atom.